The molecule has 0 atom stereocenters. The third-order valence-electron chi connectivity index (χ3n) is 6.77. The van der Waals surface area contributed by atoms with Crippen molar-refractivity contribution in [1.29, 1.82) is 0 Å². The van der Waals surface area contributed by atoms with Gasteiger partial charge in [0.2, 0.25) is 17.8 Å². The molecule has 0 fully saturated rings. The first-order valence-corrected chi connectivity index (χ1v) is 13.6. The number of carbonyl (C=O) groups is 1. The average molecular weight is 600 g/mol. The largest absolute Gasteiger partial charge is 0.482 e. The highest BCUT2D eigenvalue weighted by atomic mass is 19.4. The Bertz CT molecular complexity index is 1490. The summed E-state index contributed by atoms with van der Waals surface area (Å²) in [7, 11) is 5.58. The van der Waals surface area contributed by atoms with E-state index >= 15 is 0 Å². The highest BCUT2D eigenvalue weighted by molar-refractivity contribution is 6.02. The fraction of sp³-hybridized carbons (Fsp3) is 0.414. The van der Waals surface area contributed by atoms with Gasteiger partial charge in [0, 0.05) is 43.9 Å². The number of amides is 1. The molecule has 2 N–H and O–H groups in total. The molecule has 1 aliphatic rings. The normalized spacial score (nSPS) is 14.0. The van der Waals surface area contributed by atoms with Gasteiger partial charge in [0.25, 0.3) is 0 Å². The third-order valence-corrected chi connectivity index (χ3v) is 6.77. The first-order chi connectivity index (χ1) is 20.2. The lowest BCUT2D eigenvalue weighted by Crippen LogP contribution is -2.29. The van der Waals surface area contributed by atoms with Crippen LogP contribution < -0.4 is 25.2 Å². The average Bonchev–Trinajstić information content (AvgIpc) is 3.20. The summed E-state index contributed by atoms with van der Waals surface area (Å²) in [5, 5.41) is 5.71. The van der Waals surface area contributed by atoms with E-state index < -0.39 is 18.7 Å². The molecular formula is C29H36F3N9O2. The number of nitrogens with one attached hydrogen (secondary N) is 2. The summed E-state index contributed by atoms with van der Waals surface area (Å²) in [4.78, 5) is 35.9. The molecule has 230 valence electrons. The summed E-state index contributed by atoms with van der Waals surface area (Å²) in [5.74, 6) is -0.176. The summed E-state index contributed by atoms with van der Waals surface area (Å²) in [6.45, 7) is 9.82. The van der Waals surface area contributed by atoms with Crippen LogP contribution in [0.2, 0.25) is 0 Å². The molecule has 1 aromatic carbocycles. The Morgan fingerprint density at radius 1 is 1.14 bits per heavy atom. The van der Waals surface area contributed by atoms with Crippen LogP contribution in [0.4, 0.5) is 47.8 Å². The van der Waals surface area contributed by atoms with Crippen LogP contribution in [0.25, 0.3) is 0 Å². The van der Waals surface area contributed by atoms with Crippen molar-refractivity contribution in [1.82, 2.24) is 24.8 Å². The minimum Gasteiger partial charge on any atom is -0.482 e. The molecule has 0 saturated carbocycles. The van der Waals surface area contributed by atoms with Gasteiger partial charge in [0.1, 0.15) is 12.1 Å². The van der Waals surface area contributed by atoms with Crippen molar-refractivity contribution in [2.45, 2.75) is 32.4 Å². The molecule has 3 heterocycles. The Morgan fingerprint density at radius 2 is 1.88 bits per heavy atom. The van der Waals surface area contributed by atoms with E-state index in [4.69, 9.17) is 9.72 Å². The molecule has 1 aliphatic heterocycles. The number of pyridine rings is 1. The topological polar surface area (TPSA) is 112 Å². The van der Waals surface area contributed by atoms with Gasteiger partial charge in [-0.1, -0.05) is 20.4 Å². The van der Waals surface area contributed by atoms with Gasteiger partial charge in [-0.3, -0.25) is 9.78 Å². The first kappa shape index (κ1) is 31.5. The van der Waals surface area contributed by atoms with E-state index in [9.17, 15) is 18.0 Å². The molecule has 2 aromatic heterocycles. The van der Waals surface area contributed by atoms with Crippen LogP contribution in [0.5, 0.6) is 5.75 Å². The lowest BCUT2D eigenvalue weighted by atomic mass is 9.91. The van der Waals surface area contributed by atoms with Crippen molar-refractivity contribution < 1.29 is 22.7 Å². The number of nitrogens with zero attached hydrogens (tertiary/aromatic N) is 7. The Hall–Kier alpha value is -4.46. The van der Waals surface area contributed by atoms with Crippen LogP contribution in [-0.4, -0.2) is 84.3 Å². The molecule has 3 aromatic rings. The predicted molar refractivity (Wildman–Crippen MR) is 161 cm³/mol. The van der Waals surface area contributed by atoms with Crippen LogP contribution in [-0.2, 0) is 10.2 Å². The quantitative estimate of drug-likeness (QED) is 0.298. The molecule has 0 spiro atoms. The molecule has 0 unspecified atom stereocenters. The number of alkyl halides is 3. The second kappa shape index (κ2) is 12.4. The minimum absolute atomic E-state index is 0.0721. The molecule has 1 amide bonds. The van der Waals surface area contributed by atoms with E-state index in [2.05, 4.69) is 46.0 Å². The van der Waals surface area contributed by atoms with Gasteiger partial charge in [-0.2, -0.15) is 18.2 Å². The van der Waals surface area contributed by atoms with Crippen molar-refractivity contribution in [3.05, 3.63) is 54.6 Å². The number of halogens is 3. The smallest absolute Gasteiger partial charge is 0.422 e. The summed E-state index contributed by atoms with van der Waals surface area (Å²) >= 11 is 0. The third kappa shape index (κ3) is 7.69. The Balaban J connectivity index is 1.74. The molecule has 0 aliphatic carbocycles. The van der Waals surface area contributed by atoms with Crippen molar-refractivity contribution in [2.75, 3.05) is 67.8 Å². The fourth-order valence-electron chi connectivity index (χ4n) is 4.61. The van der Waals surface area contributed by atoms with E-state index in [1.165, 1.54) is 18.5 Å². The second-order valence-electron chi connectivity index (χ2n) is 11.2. The van der Waals surface area contributed by atoms with E-state index in [0.29, 0.717) is 37.0 Å². The number of ether oxygens (including phenoxy) is 1. The van der Waals surface area contributed by atoms with E-state index in [-0.39, 0.29) is 22.8 Å². The maximum absolute atomic E-state index is 13.2. The SMILES string of the molecule is C=CC(=O)Nc1cc(Nc2ncnc(N3CC(C)(C)c4nc(C)ccc43)n2)c(OCC(F)(F)F)cc1N(C)CCN(C)C. The van der Waals surface area contributed by atoms with Gasteiger partial charge < -0.3 is 30.1 Å². The highest BCUT2D eigenvalue weighted by Crippen LogP contribution is 2.43. The van der Waals surface area contributed by atoms with Gasteiger partial charge in [-0.25, -0.2) is 9.97 Å². The predicted octanol–water partition coefficient (Wildman–Crippen LogP) is 4.81. The Labute approximate surface area is 248 Å². The molecule has 43 heavy (non-hydrogen) atoms. The monoisotopic (exact) mass is 599 g/mol. The van der Waals surface area contributed by atoms with Gasteiger partial charge in [-0.05, 0) is 45.3 Å². The fourth-order valence-corrected chi connectivity index (χ4v) is 4.61. The zero-order valence-corrected chi connectivity index (χ0v) is 25.1. The molecular weight excluding hydrogens is 563 g/mol. The van der Waals surface area contributed by atoms with Crippen LogP contribution >= 0.6 is 0 Å². The van der Waals surface area contributed by atoms with E-state index in [0.717, 1.165) is 23.2 Å². The number of rotatable bonds is 11. The molecule has 4 rings (SSSR count). The maximum atomic E-state index is 13.2. The second-order valence-corrected chi connectivity index (χ2v) is 11.2. The summed E-state index contributed by atoms with van der Waals surface area (Å²) in [6.07, 6.45) is -2.15. The van der Waals surface area contributed by atoms with Crippen molar-refractivity contribution >= 4 is 40.6 Å². The van der Waals surface area contributed by atoms with Gasteiger partial charge in [0.15, 0.2) is 6.61 Å². The van der Waals surface area contributed by atoms with Crippen LogP contribution in [0.15, 0.2) is 43.2 Å². The molecule has 0 bridgehead atoms. The minimum atomic E-state index is -4.58. The molecule has 14 heteroatoms. The molecule has 0 saturated heterocycles. The number of aromatic nitrogens is 4. The number of aryl methyl sites for hydroxylation is 1. The number of likely N-dealkylation sites (N-methyl/N-ethyl adjacent to an activating group) is 2. The van der Waals surface area contributed by atoms with Gasteiger partial charge in [-0.15, -0.1) is 0 Å². The standard InChI is InChI=1S/C29H36F3N9O2/c1-8-24(42)36-19-13-20(23(43-16-29(30,31)32)14-22(19)40(7)12-11-39(5)6)37-26-33-17-34-27(38-26)41-15-28(3,4)25-21(41)10-9-18(2)35-25/h8-10,13-14,17H,1,11-12,15-16H2,2-7H3,(H,36,42)(H,33,34,37,38). The first-order valence-electron chi connectivity index (χ1n) is 13.6. The Morgan fingerprint density at radius 3 is 2.56 bits per heavy atom. The zero-order valence-electron chi connectivity index (χ0n) is 25.1. The summed E-state index contributed by atoms with van der Waals surface area (Å²) < 4.78 is 44.9. The zero-order chi connectivity index (χ0) is 31.5. The number of hydrogen-bond donors (Lipinski definition) is 2. The number of fused-ring (bicyclic) bond motifs is 1. The number of carbonyl (C=O) groups excluding carboxylic acids is 1. The molecule has 11 nitrogen and oxygen atoms in total. The van der Waals surface area contributed by atoms with Crippen molar-refractivity contribution in [2.24, 2.45) is 0 Å². The number of benzene rings is 1. The number of hydrogen-bond acceptors (Lipinski definition) is 10. The lowest BCUT2D eigenvalue weighted by Gasteiger charge is -2.26. The summed E-state index contributed by atoms with van der Waals surface area (Å²) in [5.41, 5.74) is 3.31. The number of anilines is 6. The molecule has 0 radical (unpaired) electrons. The van der Waals surface area contributed by atoms with E-state index in [1.807, 2.05) is 47.9 Å². The van der Waals surface area contributed by atoms with Crippen LogP contribution in [0.3, 0.4) is 0 Å². The van der Waals surface area contributed by atoms with Crippen molar-refractivity contribution in [3.8, 4) is 5.75 Å². The van der Waals surface area contributed by atoms with Crippen LogP contribution in [0, 0.1) is 6.92 Å². The van der Waals surface area contributed by atoms with Crippen LogP contribution in [0.1, 0.15) is 25.2 Å². The van der Waals surface area contributed by atoms with Gasteiger partial charge >= 0.3 is 6.18 Å². The van der Waals surface area contributed by atoms with Crippen molar-refractivity contribution in [3.63, 3.8) is 0 Å². The van der Waals surface area contributed by atoms with Gasteiger partial charge in [0.05, 0.1) is 28.4 Å². The highest BCUT2D eigenvalue weighted by Gasteiger charge is 2.38. The maximum Gasteiger partial charge on any atom is 0.422 e. The summed E-state index contributed by atoms with van der Waals surface area (Å²) in [6, 6.07) is 6.80. The Kier molecular flexibility index (Phi) is 9.09. The lowest BCUT2D eigenvalue weighted by molar-refractivity contribution is -0.153. The van der Waals surface area contributed by atoms with E-state index in [1.54, 1.807) is 7.05 Å².